The highest BCUT2D eigenvalue weighted by Gasteiger charge is 2.44. The summed E-state index contributed by atoms with van der Waals surface area (Å²) >= 11 is 0. The van der Waals surface area contributed by atoms with Crippen LogP contribution in [-0.4, -0.2) is 32.0 Å². The smallest absolute Gasteiger partial charge is 0.207 e. The summed E-state index contributed by atoms with van der Waals surface area (Å²) < 4.78 is 65.0. The number of sulfonamides is 1. The van der Waals surface area contributed by atoms with Crippen molar-refractivity contribution in [3.8, 4) is 0 Å². The van der Waals surface area contributed by atoms with Crippen molar-refractivity contribution in [2.75, 3.05) is 13.1 Å². The molecular formula is C16H16F3NO2S. The molecule has 23 heavy (non-hydrogen) atoms. The molecule has 2 aromatic carbocycles. The fourth-order valence-electron chi connectivity index (χ4n) is 2.90. The van der Waals surface area contributed by atoms with Crippen LogP contribution in [0.25, 0.3) is 10.8 Å². The van der Waals surface area contributed by atoms with E-state index >= 15 is 0 Å². The molecule has 124 valence electrons. The van der Waals surface area contributed by atoms with E-state index in [0.717, 1.165) is 15.1 Å². The molecule has 1 fully saturated rings. The number of hydrogen-bond acceptors (Lipinski definition) is 2. The molecule has 1 aliphatic rings. The number of alkyl halides is 3. The van der Waals surface area contributed by atoms with Gasteiger partial charge in [0, 0.05) is 13.1 Å². The molecule has 0 saturated carbocycles. The molecule has 0 bridgehead atoms. The van der Waals surface area contributed by atoms with Crippen LogP contribution in [0.4, 0.5) is 13.2 Å². The monoisotopic (exact) mass is 343 g/mol. The van der Waals surface area contributed by atoms with Crippen LogP contribution in [0.1, 0.15) is 12.8 Å². The van der Waals surface area contributed by atoms with Gasteiger partial charge in [0.05, 0.1) is 10.8 Å². The maximum Gasteiger partial charge on any atom is 0.393 e. The van der Waals surface area contributed by atoms with Crippen molar-refractivity contribution < 1.29 is 21.6 Å². The molecule has 1 saturated heterocycles. The molecule has 0 amide bonds. The van der Waals surface area contributed by atoms with E-state index in [-0.39, 0.29) is 24.3 Å². The number of halogens is 3. The Morgan fingerprint density at radius 2 is 1.74 bits per heavy atom. The first-order valence-electron chi connectivity index (χ1n) is 7.34. The summed E-state index contributed by atoms with van der Waals surface area (Å²) in [6.07, 6.45) is -4.16. The van der Waals surface area contributed by atoms with E-state index in [9.17, 15) is 21.6 Å². The summed E-state index contributed by atoms with van der Waals surface area (Å²) in [6.45, 7) is -0.375. The molecule has 1 aliphatic heterocycles. The van der Waals surface area contributed by atoms with Crippen LogP contribution in [-0.2, 0) is 10.0 Å². The van der Waals surface area contributed by atoms with Crippen LogP contribution in [0.5, 0.6) is 0 Å². The number of fused-ring (bicyclic) bond motifs is 1. The first kappa shape index (κ1) is 16.3. The Labute approximate surface area is 132 Å². The summed E-state index contributed by atoms with van der Waals surface area (Å²) in [5.74, 6) is -1.59. The average Bonchev–Trinajstić information content (AvgIpc) is 2.53. The van der Waals surface area contributed by atoms with Crippen LogP contribution < -0.4 is 0 Å². The number of hydrogen-bond donors (Lipinski definition) is 0. The van der Waals surface area contributed by atoms with Gasteiger partial charge in [0.1, 0.15) is 0 Å². The third-order valence-corrected chi connectivity index (χ3v) is 6.07. The van der Waals surface area contributed by atoms with E-state index in [1.165, 1.54) is 12.1 Å². The number of piperidine rings is 1. The second-order valence-corrected chi connectivity index (χ2v) is 7.69. The van der Waals surface area contributed by atoms with Crippen LogP contribution in [0.15, 0.2) is 47.4 Å². The highest BCUT2D eigenvalue weighted by Crippen LogP contribution is 2.35. The second-order valence-electron chi connectivity index (χ2n) is 5.75. The molecule has 1 heterocycles. The molecule has 3 nitrogen and oxygen atoms in total. The molecule has 0 radical (unpaired) electrons. The summed E-state index contributed by atoms with van der Waals surface area (Å²) in [4.78, 5) is 0.0408. The van der Waals surface area contributed by atoms with Crippen LogP contribution in [0.3, 0.4) is 0 Å². The van der Waals surface area contributed by atoms with Gasteiger partial charge >= 0.3 is 6.18 Å². The summed E-state index contributed by atoms with van der Waals surface area (Å²) in [6, 6.07) is 11.9. The first-order valence-corrected chi connectivity index (χ1v) is 8.78. The average molecular weight is 343 g/mol. The van der Waals surface area contributed by atoms with Crippen LogP contribution >= 0.6 is 0 Å². The predicted molar refractivity (Wildman–Crippen MR) is 81.5 cm³/mol. The van der Waals surface area contributed by atoms with E-state index in [4.69, 9.17) is 0 Å². The third kappa shape index (κ3) is 3.21. The lowest BCUT2D eigenvalue weighted by molar-refractivity contribution is -0.182. The van der Waals surface area contributed by atoms with Crippen LogP contribution in [0.2, 0.25) is 0 Å². The standard InChI is InChI=1S/C16H16F3NO2S/c17-16(18,19)14-6-3-9-20(11-14)23(21,22)15-8-7-12-4-1-2-5-13(12)10-15/h1-2,4-5,7-8,10,14H,3,6,9,11H2. The van der Waals surface area contributed by atoms with E-state index in [2.05, 4.69) is 0 Å². The Morgan fingerprint density at radius 3 is 2.43 bits per heavy atom. The van der Waals surface area contributed by atoms with E-state index in [0.29, 0.717) is 0 Å². The highest BCUT2D eigenvalue weighted by atomic mass is 32.2. The Kier molecular flexibility index (Phi) is 4.10. The topological polar surface area (TPSA) is 37.4 Å². The van der Waals surface area contributed by atoms with Gasteiger partial charge in [-0.1, -0.05) is 30.3 Å². The normalized spacial score (nSPS) is 20.7. The van der Waals surface area contributed by atoms with Crippen molar-refractivity contribution in [2.45, 2.75) is 23.9 Å². The second kappa shape index (κ2) is 5.79. The quantitative estimate of drug-likeness (QED) is 0.832. The highest BCUT2D eigenvalue weighted by molar-refractivity contribution is 7.89. The van der Waals surface area contributed by atoms with Crippen molar-refractivity contribution >= 4 is 20.8 Å². The molecule has 0 aliphatic carbocycles. The van der Waals surface area contributed by atoms with Gasteiger partial charge in [-0.05, 0) is 35.7 Å². The zero-order chi connectivity index (χ0) is 16.7. The summed E-state index contributed by atoms with van der Waals surface area (Å²) in [7, 11) is -3.91. The van der Waals surface area contributed by atoms with Gasteiger partial charge in [-0.15, -0.1) is 0 Å². The lowest BCUT2D eigenvalue weighted by Crippen LogP contribution is -2.44. The third-order valence-electron chi connectivity index (χ3n) is 4.21. The predicted octanol–water partition coefficient (Wildman–Crippen LogP) is 3.80. The zero-order valence-electron chi connectivity index (χ0n) is 12.3. The minimum atomic E-state index is -4.36. The fraction of sp³-hybridized carbons (Fsp3) is 0.375. The van der Waals surface area contributed by atoms with Crippen molar-refractivity contribution in [1.29, 1.82) is 0 Å². The van der Waals surface area contributed by atoms with Gasteiger partial charge in [-0.25, -0.2) is 8.42 Å². The fourth-order valence-corrected chi connectivity index (χ4v) is 4.46. The Morgan fingerprint density at radius 1 is 1.04 bits per heavy atom. The molecular weight excluding hydrogens is 327 g/mol. The lowest BCUT2D eigenvalue weighted by atomic mass is 9.99. The van der Waals surface area contributed by atoms with Crippen molar-refractivity contribution in [1.82, 2.24) is 4.31 Å². The molecule has 2 aromatic rings. The summed E-state index contributed by atoms with van der Waals surface area (Å²) in [5, 5.41) is 1.64. The molecule has 1 atom stereocenters. The number of benzene rings is 2. The maximum atomic E-state index is 12.9. The molecule has 3 rings (SSSR count). The molecule has 7 heteroatoms. The Bertz CT molecular complexity index is 817. The SMILES string of the molecule is O=S(=O)(c1ccc2ccccc2c1)N1CCCC(C(F)(F)F)C1. The van der Waals surface area contributed by atoms with Crippen molar-refractivity contribution in [3.05, 3.63) is 42.5 Å². The number of nitrogens with zero attached hydrogens (tertiary/aromatic N) is 1. The minimum Gasteiger partial charge on any atom is -0.207 e. The van der Waals surface area contributed by atoms with Gasteiger partial charge < -0.3 is 0 Å². The lowest BCUT2D eigenvalue weighted by Gasteiger charge is -2.32. The van der Waals surface area contributed by atoms with Crippen molar-refractivity contribution in [3.63, 3.8) is 0 Å². The van der Waals surface area contributed by atoms with Gasteiger partial charge in [0.2, 0.25) is 10.0 Å². The van der Waals surface area contributed by atoms with Gasteiger partial charge in [-0.2, -0.15) is 17.5 Å². The zero-order valence-corrected chi connectivity index (χ0v) is 13.1. The molecule has 0 spiro atoms. The largest absolute Gasteiger partial charge is 0.393 e. The maximum absolute atomic E-state index is 12.9. The summed E-state index contributed by atoms with van der Waals surface area (Å²) in [5.41, 5.74) is 0. The molecule has 1 unspecified atom stereocenters. The molecule has 0 N–H and O–H groups in total. The Balaban J connectivity index is 1.93. The number of rotatable bonds is 2. The first-order chi connectivity index (χ1) is 10.8. The van der Waals surface area contributed by atoms with Crippen LogP contribution in [0, 0.1) is 5.92 Å². The van der Waals surface area contributed by atoms with Gasteiger partial charge in [-0.3, -0.25) is 0 Å². The van der Waals surface area contributed by atoms with Gasteiger partial charge in [0.25, 0.3) is 0 Å². The van der Waals surface area contributed by atoms with E-state index in [1.807, 2.05) is 12.1 Å². The molecule has 0 aromatic heterocycles. The minimum absolute atomic E-state index is 0.0206. The Hall–Kier alpha value is -1.60. The van der Waals surface area contributed by atoms with E-state index < -0.39 is 28.7 Å². The van der Waals surface area contributed by atoms with Gasteiger partial charge in [0.15, 0.2) is 0 Å². The van der Waals surface area contributed by atoms with Crippen molar-refractivity contribution in [2.24, 2.45) is 5.92 Å². The van der Waals surface area contributed by atoms with E-state index in [1.54, 1.807) is 18.2 Å².